The van der Waals surface area contributed by atoms with Gasteiger partial charge in [0.1, 0.15) is 17.3 Å². The van der Waals surface area contributed by atoms with Gasteiger partial charge in [-0.2, -0.15) is 0 Å². The maximum Gasteiger partial charge on any atom is 0.258 e. The van der Waals surface area contributed by atoms with E-state index in [9.17, 15) is 4.79 Å². The molecule has 4 rings (SSSR count). The maximum absolute atomic E-state index is 12.9. The van der Waals surface area contributed by atoms with Gasteiger partial charge in [-0.15, -0.1) is 0 Å². The minimum Gasteiger partial charge on any atom is -0.467 e. The minimum absolute atomic E-state index is 0.0465. The zero-order valence-corrected chi connectivity index (χ0v) is 12.7. The number of fused-ring (bicyclic) bond motifs is 1. The predicted molar refractivity (Wildman–Crippen MR) is 84.8 cm³/mol. The van der Waals surface area contributed by atoms with Crippen molar-refractivity contribution in [2.75, 3.05) is 5.32 Å². The first-order valence-corrected chi connectivity index (χ1v) is 7.47. The summed E-state index contributed by atoms with van der Waals surface area (Å²) in [6, 6.07) is 15.0. The molecule has 3 heterocycles. The molecule has 23 heavy (non-hydrogen) atoms. The Morgan fingerprint density at radius 3 is 2.74 bits per heavy atom. The van der Waals surface area contributed by atoms with E-state index in [0.717, 1.165) is 17.2 Å². The molecule has 0 aliphatic carbocycles. The summed E-state index contributed by atoms with van der Waals surface area (Å²) < 4.78 is 11.2. The van der Waals surface area contributed by atoms with Crippen molar-refractivity contribution in [3.8, 4) is 0 Å². The van der Waals surface area contributed by atoms with Crippen LogP contribution in [0.4, 0.5) is 5.69 Å². The summed E-state index contributed by atoms with van der Waals surface area (Å²) in [4.78, 5) is 14.7. The monoisotopic (exact) mass is 308 g/mol. The summed E-state index contributed by atoms with van der Waals surface area (Å²) >= 11 is 0. The van der Waals surface area contributed by atoms with Crippen molar-refractivity contribution in [2.45, 2.75) is 19.6 Å². The zero-order valence-electron chi connectivity index (χ0n) is 12.7. The molecule has 5 heteroatoms. The number of anilines is 1. The molecule has 2 aromatic heterocycles. The Kier molecular flexibility index (Phi) is 3.19. The maximum atomic E-state index is 12.9. The third-order valence-corrected chi connectivity index (χ3v) is 3.96. The van der Waals surface area contributed by atoms with Gasteiger partial charge in [0.25, 0.3) is 5.91 Å². The summed E-state index contributed by atoms with van der Waals surface area (Å²) in [5, 5.41) is 3.39. The molecule has 1 aliphatic heterocycles. The number of hydrogen-bond acceptors (Lipinski definition) is 4. The second-order valence-electron chi connectivity index (χ2n) is 5.55. The van der Waals surface area contributed by atoms with Gasteiger partial charge >= 0.3 is 0 Å². The van der Waals surface area contributed by atoms with Crippen LogP contribution in [-0.4, -0.2) is 10.8 Å². The normalized spacial score (nSPS) is 17.0. The van der Waals surface area contributed by atoms with Crippen LogP contribution in [0.3, 0.4) is 0 Å². The second kappa shape index (κ2) is 5.35. The average Bonchev–Trinajstić information content (AvgIpc) is 3.21. The first-order valence-electron chi connectivity index (χ1n) is 7.47. The lowest BCUT2D eigenvalue weighted by atomic mass is 10.1. The topological polar surface area (TPSA) is 58.6 Å². The van der Waals surface area contributed by atoms with Gasteiger partial charge in [-0.05, 0) is 43.3 Å². The van der Waals surface area contributed by atoms with Crippen LogP contribution in [0.25, 0.3) is 0 Å². The van der Waals surface area contributed by atoms with Gasteiger partial charge in [-0.3, -0.25) is 4.79 Å². The number of benzene rings is 1. The Morgan fingerprint density at radius 2 is 2.00 bits per heavy atom. The van der Waals surface area contributed by atoms with Crippen molar-refractivity contribution in [1.29, 1.82) is 0 Å². The highest BCUT2D eigenvalue weighted by Crippen LogP contribution is 2.34. The number of rotatable bonds is 3. The third-order valence-electron chi connectivity index (χ3n) is 3.96. The molecular formula is C18H16N2O3. The van der Waals surface area contributed by atoms with Gasteiger partial charge < -0.3 is 19.1 Å². The fourth-order valence-electron chi connectivity index (χ4n) is 2.85. The number of para-hydroxylation sites is 1. The first-order chi connectivity index (χ1) is 11.2. The Morgan fingerprint density at radius 1 is 1.13 bits per heavy atom. The van der Waals surface area contributed by atoms with Crippen LogP contribution >= 0.6 is 0 Å². The minimum atomic E-state index is -0.365. The molecule has 0 saturated heterocycles. The van der Waals surface area contributed by atoms with E-state index in [1.54, 1.807) is 11.2 Å². The number of furan rings is 2. The molecule has 1 aromatic carbocycles. The van der Waals surface area contributed by atoms with Crippen molar-refractivity contribution in [2.24, 2.45) is 0 Å². The number of carbonyl (C=O) groups excluding carboxylic acids is 1. The van der Waals surface area contributed by atoms with Gasteiger partial charge in [0.05, 0.1) is 18.4 Å². The molecule has 1 amide bonds. The number of amides is 1. The molecule has 0 spiro atoms. The summed E-state index contributed by atoms with van der Waals surface area (Å²) in [5.41, 5.74) is 1.46. The number of hydrogen-bond donors (Lipinski definition) is 1. The quantitative estimate of drug-likeness (QED) is 0.796. The second-order valence-corrected chi connectivity index (χ2v) is 5.55. The molecule has 1 aliphatic rings. The van der Waals surface area contributed by atoms with Crippen molar-refractivity contribution in [1.82, 2.24) is 4.90 Å². The van der Waals surface area contributed by atoms with Crippen molar-refractivity contribution in [3.63, 3.8) is 0 Å². The highest BCUT2D eigenvalue weighted by molar-refractivity contribution is 6.01. The molecule has 0 radical (unpaired) electrons. The molecule has 0 bridgehead atoms. The largest absolute Gasteiger partial charge is 0.467 e. The molecule has 1 atom stereocenters. The van der Waals surface area contributed by atoms with Crippen LogP contribution in [0.15, 0.2) is 63.6 Å². The van der Waals surface area contributed by atoms with Crippen molar-refractivity contribution < 1.29 is 13.6 Å². The molecule has 1 unspecified atom stereocenters. The molecule has 5 nitrogen and oxygen atoms in total. The van der Waals surface area contributed by atoms with Gasteiger partial charge in [0, 0.05) is 5.69 Å². The van der Waals surface area contributed by atoms with Crippen LogP contribution in [0.5, 0.6) is 0 Å². The Bertz CT molecular complexity index is 836. The lowest BCUT2D eigenvalue weighted by Crippen LogP contribution is -2.42. The van der Waals surface area contributed by atoms with E-state index >= 15 is 0 Å². The number of nitrogens with zero attached hydrogens (tertiary/aromatic N) is 1. The number of aryl methyl sites for hydroxylation is 1. The predicted octanol–water partition coefficient (Wildman–Crippen LogP) is 3.95. The van der Waals surface area contributed by atoms with Gasteiger partial charge in [-0.25, -0.2) is 0 Å². The van der Waals surface area contributed by atoms with E-state index < -0.39 is 0 Å². The smallest absolute Gasteiger partial charge is 0.258 e. The average molecular weight is 308 g/mol. The van der Waals surface area contributed by atoms with E-state index in [-0.39, 0.29) is 12.1 Å². The van der Waals surface area contributed by atoms with Gasteiger partial charge in [-0.1, -0.05) is 12.1 Å². The molecule has 0 saturated carbocycles. The highest BCUT2D eigenvalue weighted by atomic mass is 16.3. The summed E-state index contributed by atoms with van der Waals surface area (Å²) in [6.45, 7) is 2.26. The molecule has 0 fully saturated rings. The van der Waals surface area contributed by atoms with Crippen LogP contribution in [0, 0.1) is 6.92 Å². The SMILES string of the molecule is Cc1ccc(C2Nc3ccccc3C(=O)N2Cc2ccco2)o1. The third kappa shape index (κ3) is 2.40. The summed E-state index contributed by atoms with van der Waals surface area (Å²) in [6.07, 6.45) is 1.24. The molecule has 116 valence electrons. The fraction of sp³-hybridized carbons (Fsp3) is 0.167. The van der Waals surface area contributed by atoms with E-state index in [0.29, 0.717) is 17.9 Å². The zero-order chi connectivity index (χ0) is 15.8. The summed E-state index contributed by atoms with van der Waals surface area (Å²) in [5.74, 6) is 2.20. The highest BCUT2D eigenvalue weighted by Gasteiger charge is 2.34. The Labute approximate surface area is 133 Å². The number of nitrogens with one attached hydrogen (secondary N) is 1. The van der Waals surface area contributed by atoms with Gasteiger partial charge in [0.15, 0.2) is 6.17 Å². The van der Waals surface area contributed by atoms with Crippen molar-refractivity contribution in [3.05, 3.63) is 77.6 Å². The first kappa shape index (κ1) is 13.7. The van der Waals surface area contributed by atoms with E-state index in [4.69, 9.17) is 8.83 Å². The fourth-order valence-corrected chi connectivity index (χ4v) is 2.85. The number of carbonyl (C=O) groups is 1. The summed E-state index contributed by atoms with van der Waals surface area (Å²) in [7, 11) is 0. The lowest BCUT2D eigenvalue weighted by Gasteiger charge is -2.36. The van der Waals surface area contributed by atoms with Crippen LogP contribution < -0.4 is 5.32 Å². The van der Waals surface area contributed by atoms with E-state index in [1.807, 2.05) is 55.5 Å². The van der Waals surface area contributed by atoms with Gasteiger partial charge in [0.2, 0.25) is 0 Å². The van der Waals surface area contributed by atoms with Crippen LogP contribution in [0.1, 0.15) is 33.8 Å². The van der Waals surface area contributed by atoms with Crippen LogP contribution in [0.2, 0.25) is 0 Å². The molecule has 1 N–H and O–H groups in total. The van der Waals surface area contributed by atoms with E-state index in [2.05, 4.69) is 5.32 Å². The Balaban J connectivity index is 1.76. The van der Waals surface area contributed by atoms with E-state index in [1.165, 1.54) is 0 Å². The van der Waals surface area contributed by atoms with Crippen molar-refractivity contribution >= 4 is 11.6 Å². The standard InChI is InChI=1S/C18H16N2O3/c1-12-8-9-16(23-12)17-19-15-7-3-2-6-14(15)18(21)20(17)11-13-5-4-10-22-13/h2-10,17,19H,11H2,1H3. The molecule has 3 aromatic rings. The Hall–Kier alpha value is -2.95. The lowest BCUT2D eigenvalue weighted by molar-refractivity contribution is 0.0628. The van der Waals surface area contributed by atoms with Crippen LogP contribution in [-0.2, 0) is 6.54 Å². The molecular weight excluding hydrogens is 292 g/mol.